The van der Waals surface area contributed by atoms with E-state index in [4.69, 9.17) is 4.74 Å². The van der Waals surface area contributed by atoms with Crippen LogP contribution in [-0.2, 0) is 15.7 Å². The molecule has 150 valence electrons. The molecule has 1 aliphatic carbocycles. The minimum Gasteiger partial charge on any atom is -0.379 e. The summed E-state index contributed by atoms with van der Waals surface area (Å²) in [5, 5.41) is 2.98. The van der Waals surface area contributed by atoms with Crippen molar-refractivity contribution in [2.75, 3.05) is 32.8 Å². The molecule has 4 nitrogen and oxygen atoms in total. The fourth-order valence-corrected chi connectivity index (χ4v) is 3.94. The molecule has 3 unspecified atom stereocenters. The van der Waals surface area contributed by atoms with Crippen molar-refractivity contribution in [3.63, 3.8) is 0 Å². The van der Waals surface area contributed by atoms with E-state index in [1.54, 1.807) is 6.07 Å². The van der Waals surface area contributed by atoms with E-state index in [9.17, 15) is 18.0 Å². The minimum absolute atomic E-state index is 0.143. The highest BCUT2D eigenvalue weighted by atomic mass is 19.4. The highest BCUT2D eigenvalue weighted by Gasteiger charge is 2.47. The number of amides is 1. The molecular formula is C20H27F3N2O2. The number of nitrogens with one attached hydrogen (secondary N) is 1. The predicted octanol–water partition coefficient (Wildman–Crippen LogP) is 3.28. The Morgan fingerprint density at radius 3 is 2.56 bits per heavy atom. The third-order valence-corrected chi connectivity index (χ3v) is 5.56. The lowest BCUT2D eigenvalue weighted by Gasteiger charge is -2.37. The van der Waals surface area contributed by atoms with Gasteiger partial charge in [0.05, 0.1) is 18.8 Å². The van der Waals surface area contributed by atoms with Crippen LogP contribution in [0, 0.1) is 11.8 Å². The van der Waals surface area contributed by atoms with Crippen LogP contribution in [-0.4, -0.2) is 49.7 Å². The second-order valence-corrected chi connectivity index (χ2v) is 7.74. The molecule has 1 aromatic carbocycles. The lowest BCUT2D eigenvalue weighted by atomic mass is 10.0. The molecule has 3 rings (SSSR count). The fourth-order valence-electron chi connectivity index (χ4n) is 3.94. The van der Waals surface area contributed by atoms with Gasteiger partial charge in [0.1, 0.15) is 0 Å². The van der Waals surface area contributed by atoms with Crippen LogP contribution in [0.4, 0.5) is 13.2 Å². The Morgan fingerprint density at radius 2 is 1.93 bits per heavy atom. The van der Waals surface area contributed by atoms with Gasteiger partial charge in [-0.15, -0.1) is 0 Å². The second kappa shape index (κ2) is 8.19. The summed E-state index contributed by atoms with van der Waals surface area (Å²) >= 11 is 0. The number of hydrogen-bond acceptors (Lipinski definition) is 3. The van der Waals surface area contributed by atoms with Crippen LogP contribution in [0.5, 0.6) is 0 Å². The number of carbonyl (C=O) groups is 1. The summed E-state index contributed by atoms with van der Waals surface area (Å²) in [7, 11) is 0. The summed E-state index contributed by atoms with van der Waals surface area (Å²) < 4.78 is 45.0. The molecule has 1 aliphatic heterocycles. The molecule has 0 bridgehead atoms. The number of ether oxygens (including phenoxy) is 1. The molecule has 1 amide bonds. The number of rotatable bonds is 6. The zero-order chi connectivity index (χ0) is 19.6. The van der Waals surface area contributed by atoms with E-state index in [0.717, 1.165) is 19.2 Å². The predicted molar refractivity (Wildman–Crippen MR) is 96.3 cm³/mol. The molecule has 1 saturated carbocycles. The molecule has 1 aromatic rings. The molecule has 1 saturated heterocycles. The Hall–Kier alpha value is -1.60. The van der Waals surface area contributed by atoms with E-state index in [1.807, 2.05) is 0 Å². The number of alkyl halides is 3. The third kappa shape index (κ3) is 4.82. The van der Waals surface area contributed by atoms with Crippen LogP contribution < -0.4 is 5.32 Å². The van der Waals surface area contributed by atoms with E-state index < -0.39 is 11.7 Å². The van der Waals surface area contributed by atoms with Gasteiger partial charge < -0.3 is 10.1 Å². The molecule has 3 atom stereocenters. The van der Waals surface area contributed by atoms with Crippen molar-refractivity contribution in [2.45, 2.75) is 38.4 Å². The van der Waals surface area contributed by atoms with Crippen molar-refractivity contribution in [1.82, 2.24) is 10.2 Å². The summed E-state index contributed by atoms with van der Waals surface area (Å²) in [6.07, 6.45) is -3.91. The van der Waals surface area contributed by atoms with Gasteiger partial charge in [-0.3, -0.25) is 9.69 Å². The average Bonchev–Trinajstić information content (AvgIpc) is 3.42. The molecule has 27 heavy (non-hydrogen) atoms. The smallest absolute Gasteiger partial charge is 0.379 e. The highest BCUT2D eigenvalue weighted by Crippen LogP contribution is 2.51. The molecule has 7 heteroatoms. The Balaban J connectivity index is 1.59. The van der Waals surface area contributed by atoms with Gasteiger partial charge in [-0.1, -0.05) is 32.0 Å². The van der Waals surface area contributed by atoms with Gasteiger partial charge in [-0.2, -0.15) is 13.2 Å². The van der Waals surface area contributed by atoms with Gasteiger partial charge in [0.15, 0.2) is 0 Å². The van der Waals surface area contributed by atoms with Crippen molar-refractivity contribution >= 4 is 5.91 Å². The monoisotopic (exact) mass is 384 g/mol. The van der Waals surface area contributed by atoms with Gasteiger partial charge in [-0.05, 0) is 29.9 Å². The maximum Gasteiger partial charge on any atom is 0.416 e. The fraction of sp³-hybridized carbons (Fsp3) is 0.650. The van der Waals surface area contributed by atoms with E-state index in [2.05, 4.69) is 24.1 Å². The largest absolute Gasteiger partial charge is 0.416 e. The first-order valence-corrected chi connectivity index (χ1v) is 9.54. The normalized spacial score (nSPS) is 24.7. The highest BCUT2D eigenvalue weighted by molar-refractivity contribution is 5.83. The molecule has 2 fully saturated rings. The molecule has 1 heterocycles. The van der Waals surface area contributed by atoms with Crippen molar-refractivity contribution in [1.29, 1.82) is 0 Å². The topological polar surface area (TPSA) is 41.6 Å². The van der Waals surface area contributed by atoms with Crippen molar-refractivity contribution in [2.24, 2.45) is 11.8 Å². The van der Waals surface area contributed by atoms with Gasteiger partial charge in [0.2, 0.25) is 5.91 Å². The van der Waals surface area contributed by atoms with Crippen LogP contribution in [0.25, 0.3) is 0 Å². The number of nitrogens with zero attached hydrogens (tertiary/aromatic N) is 1. The first-order chi connectivity index (χ1) is 12.8. The van der Waals surface area contributed by atoms with Crippen LogP contribution in [0.3, 0.4) is 0 Å². The molecule has 0 aromatic heterocycles. The van der Waals surface area contributed by atoms with Crippen LogP contribution in [0.15, 0.2) is 24.3 Å². The Labute approximate surface area is 158 Å². The Morgan fingerprint density at radius 1 is 1.26 bits per heavy atom. The number of benzene rings is 1. The molecule has 2 aliphatic rings. The lowest BCUT2D eigenvalue weighted by Crippen LogP contribution is -2.51. The van der Waals surface area contributed by atoms with Crippen LogP contribution in [0.1, 0.15) is 37.3 Å². The van der Waals surface area contributed by atoms with E-state index in [-0.39, 0.29) is 29.3 Å². The van der Waals surface area contributed by atoms with Gasteiger partial charge in [0, 0.05) is 31.6 Å². The van der Waals surface area contributed by atoms with Gasteiger partial charge in [0.25, 0.3) is 0 Å². The summed E-state index contributed by atoms with van der Waals surface area (Å²) in [5.74, 6) is -0.491. The zero-order valence-electron chi connectivity index (χ0n) is 15.8. The zero-order valence-corrected chi connectivity index (χ0v) is 15.8. The number of morpholine rings is 1. The van der Waals surface area contributed by atoms with Gasteiger partial charge in [-0.25, -0.2) is 0 Å². The lowest BCUT2D eigenvalue weighted by molar-refractivity contribution is -0.138. The molecule has 0 radical (unpaired) electrons. The number of halogens is 3. The minimum atomic E-state index is -4.39. The van der Waals surface area contributed by atoms with Crippen molar-refractivity contribution in [3.8, 4) is 0 Å². The summed E-state index contributed by atoms with van der Waals surface area (Å²) in [5.41, 5.74) is -0.391. The van der Waals surface area contributed by atoms with E-state index in [0.29, 0.717) is 32.1 Å². The summed E-state index contributed by atoms with van der Waals surface area (Å²) in [6, 6.07) is 5.78. The summed E-state index contributed by atoms with van der Waals surface area (Å²) in [4.78, 5) is 14.8. The first-order valence-electron chi connectivity index (χ1n) is 9.54. The van der Waals surface area contributed by atoms with Crippen molar-refractivity contribution in [3.05, 3.63) is 35.4 Å². The van der Waals surface area contributed by atoms with Gasteiger partial charge >= 0.3 is 6.18 Å². The third-order valence-electron chi connectivity index (χ3n) is 5.56. The maximum atomic E-state index is 13.2. The maximum absolute atomic E-state index is 13.2. The Kier molecular flexibility index (Phi) is 6.11. The van der Waals surface area contributed by atoms with Crippen LogP contribution in [0.2, 0.25) is 0 Å². The SMILES string of the molecule is CC(C)C(CNC(=O)C1CC1c1ccccc1C(F)(F)F)N1CCOCC1. The Bertz CT molecular complexity index is 657. The van der Waals surface area contributed by atoms with E-state index in [1.165, 1.54) is 12.1 Å². The average molecular weight is 384 g/mol. The molecule has 1 N–H and O–H groups in total. The van der Waals surface area contributed by atoms with Crippen molar-refractivity contribution < 1.29 is 22.7 Å². The molecular weight excluding hydrogens is 357 g/mol. The van der Waals surface area contributed by atoms with Crippen LogP contribution >= 0.6 is 0 Å². The standard InChI is InChI=1S/C20H27F3N2O2/c1-13(2)18(25-7-9-27-10-8-25)12-24-19(26)16-11-15(16)14-5-3-4-6-17(14)20(21,22)23/h3-6,13,15-16,18H,7-12H2,1-2H3,(H,24,26). The second-order valence-electron chi connectivity index (χ2n) is 7.74. The van der Waals surface area contributed by atoms with E-state index >= 15 is 0 Å². The first kappa shape index (κ1) is 20.1. The number of hydrogen-bond donors (Lipinski definition) is 1. The number of carbonyl (C=O) groups excluding carboxylic acids is 1. The summed E-state index contributed by atoms with van der Waals surface area (Å²) in [6.45, 7) is 7.80. The molecule has 0 spiro atoms. The quantitative estimate of drug-likeness (QED) is 0.819.